The van der Waals surface area contributed by atoms with Crippen LogP contribution in [0.1, 0.15) is 40.6 Å². The van der Waals surface area contributed by atoms with Crippen molar-refractivity contribution >= 4 is 34.1 Å². The van der Waals surface area contributed by atoms with Crippen molar-refractivity contribution in [2.24, 2.45) is 5.92 Å². The number of carbonyl (C=O) groups excluding carboxylic acids is 3. The van der Waals surface area contributed by atoms with Gasteiger partial charge in [0, 0.05) is 17.3 Å². The van der Waals surface area contributed by atoms with E-state index < -0.39 is 18.0 Å². The lowest BCUT2D eigenvalue weighted by Gasteiger charge is -2.14. The Balaban J connectivity index is 2.11. The van der Waals surface area contributed by atoms with Crippen molar-refractivity contribution < 1.29 is 19.1 Å². The van der Waals surface area contributed by atoms with E-state index >= 15 is 0 Å². The first-order valence-corrected chi connectivity index (χ1v) is 8.67. The summed E-state index contributed by atoms with van der Waals surface area (Å²) in [6, 6.07) is 0. The molecule has 2 amide bonds. The quantitative estimate of drug-likeness (QED) is 0.585. The van der Waals surface area contributed by atoms with E-state index in [0.29, 0.717) is 17.1 Å². The normalized spacial score (nSPS) is 14.6. The van der Waals surface area contributed by atoms with E-state index in [1.54, 1.807) is 13.0 Å². The third-order valence-corrected chi connectivity index (χ3v) is 4.97. The number of hydrogen-bond acceptors (Lipinski definition) is 5. The summed E-state index contributed by atoms with van der Waals surface area (Å²) in [6.07, 6.45) is 2.39. The van der Waals surface area contributed by atoms with Crippen LogP contribution in [0, 0.1) is 19.8 Å². The van der Waals surface area contributed by atoms with Crippen LogP contribution in [0.25, 0.3) is 0 Å². The molecule has 1 heterocycles. The minimum Gasteiger partial charge on any atom is -0.449 e. The van der Waals surface area contributed by atoms with Crippen molar-refractivity contribution in [1.29, 1.82) is 0 Å². The van der Waals surface area contributed by atoms with Gasteiger partial charge in [0.2, 0.25) is 5.91 Å². The zero-order chi connectivity index (χ0) is 17.9. The van der Waals surface area contributed by atoms with Crippen molar-refractivity contribution in [3.8, 4) is 0 Å². The largest absolute Gasteiger partial charge is 0.449 e. The Bertz CT molecular complexity index is 676. The Morgan fingerprint density at radius 3 is 2.62 bits per heavy atom. The van der Waals surface area contributed by atoms with Gasteiger partial charge in [-0.2, -0.15) is 0 Å². The molecule has 0 bridgehead atoms. The Labute approximate surface area is 145 Å². The summed E-state index contributed by atoms with van der Waals surface area (Å²) in [5.41, 5.74) is 1.09. The van der Waals surface area contributed by atoms with Crippen LogP contribution in [-0.4, -0.2) is 30.4 Å². The molecule has 24 heavy (non-hydrogen) atoms. The van der Waals surface area contributed by atoms with Crippen LogP contribution in [-0.2, 0) is 14.3 Å². The smallest absolute Gasteiger partial charge is 0.342 e. The van der Waals surface area contributed by atoms with E-state index in [1.165, 1.54) is 18.3 Å². The zero-order valence-corrected chi connectivity index (χ0v) is 14.9. The number of amides is 2. The molecule has 2 rings (SSSR count). The molecule has 1 aromatic rings. The Kier molecular flexibility index (Phi) is 5.77. The zero-order valence-electron chi connectivity index (χ0n) is 14.1. The van der Waals surface area contributed by atoms with E-state index in [9.17, 15) is 14.4 Å². The molecule has 1 aromatic heterocycles. The van der Waals surface area contributed by atoms with Crippen LogP contribution in [0.5, 0.6) is 0 Å². The fraction of sp³-hybridized carbons (Fsp3) is 0.471. The fourth-order valence-electron chi connectivity index (χ4n) is 2.11. The molecule has 0 radical (unpaired) electrons. The van der Waals surface area contributed by atoms with E-state index in [0.717, 1.165) is 23.3 Å². The molecule has 0 aliphatic heterocycles. The predicted octanol–water partition coefficient (Wildman–Crippen LogP) is 2.56. The van der Waals surface area contributed by atoms with Gasteiger partial charge in [-0.15, -0.1) is 17.9 Å². The number of anilines is 1. The molecule has 6 nitrogen and oxygen atoms in total. The first-order valence-electron chi connectivity index (χ1n) is 7.85. The Morgan fingerprint density at radius 2 is 2.04 bits per heavy atom. The summed E-state index contributed by atoms with van der Waals surface area (Å²) < 4.78 is 5.26. The lowest BCUT2D eigenvalue weighted by molar-refractivity contribution is -0.128. The van der Waals surface area contributed by atoms with Crippen molar-refractivity contribution in [2.45, 2.75) is 39.7 Å². The van der Waals surface area contributed by atoms with Gasteiger partial charge in [-0.1, -0.05) is 6.08 Å². The van der Waals surface area contributed by atoms with E-state index in [4.69, 9.17) is 4.74 Å². The maximum atomic E-state index is 12.5. The molecule has 1 aliphatic rings. The predicted molar refractivity (Wildman–Crippen MR) is 93.2 cm³/mol. The van der Waals surface area contributed by atoms with Crippen LogP contribution in [0.3, 0.4) is 0 Å². The summed E-state index contributed by atoms with van der Waals surface area (Å²) in [5, 5.41) is 5.89. The van der Waals surface area contributed by atoms with Gasteiger partial charge in [-0.3, -0.25) is 9.59 Å². The number of aryl methyl sites for hydroxylation is 1. The number of ether oxygens (including phenoxy) is 1. The van der Waals surface area contributed by atoms with Crippen LogP contribution in [0.4, 0.5) is 5.00 Å². The van der Waals surface area contributed by atoms with E-state index in [2.05, 4.69) is 17.2 Å². The first-order chi connectivity index (χ1) is 11.3. The van der Waals surface area contributed by atoms with Gasteiger partial charge in [0.05, 0.1) is 5.56 Å². The highest BCUT2D eigenvalue weighted by Crippen LogP contribution is 2.36. The lowest BCUT2D eigenvalue weighted by atomic mass is 10.1. The van der Waals surface area contributed by atoms with Gasteiger partial charge in [0.25, 0.3) is 5.91 Å². The van der Waals surface area contributed by atoms with Crippen molar-refractivity contribution in [3.05, 3.63) is 28.7 Å². The summed E-state index contributed by atoms with van der Waals surface area (Å²) >= 11 is 1.35. The number of nitrogens with one attached hydrogen (secondary N) is 2. The second-order valence-corrected chi connectivity index (χ2v) is 7.06. The standard InChI is InChI=1S/C17H22N2O4S/c1-5-8-18-14(20)10(3)23-17(22)13-9(2)11(4)24-16(13)19-15(21)12-6-7-12/h5,10,12H,1,6-8H2,2-4H3,(H,18,20)(H,19,21). The highest BCUT2D eigenvalue weighted by Gasteiger charge is 2.32. The lowest BCUT2D eigenvalue weighted by Crippen LogP contribution is -2.36. The molecule has 7 heteroatoms. The molecule has 1 aliphatic carbocycles. The molecular formula is C17H22N2O4S. The minimum absolute atomic E-state index is 0.0418. The first kappa shape index (κ1) is 18.2. The Hall–Kier alpha value is -2.15. The van der Waals surface area contributed by atoms with E-state index in [1.807, 2.05) is 6.92 Å². The van der Waals surface area contributed by atoms with Crippen LogP contribution in [0.15, 0.2) is 12.7 Å². The topological polar surface area (TPSA) is 84.5 Å². The number of esters is 1. The molecule has 0 aromatic carbocycles. The van der Waals surface area contributed by atoms with Gasteiger partial charge in [-0.05, 0) is 39.2 Å². The minimum atomic E-state index is -0.927. The molecule has 1 saturated carbocycles. The fourth-order valence-corrected chi connectivity index (χ4v) is 3.16. The number of carbonyl (C=O) groups is 3. The Morgan fingerprint density at radius 1 is 1.38 bits per heavy atom. The second kappa shape index (κ2) is 7.61. The van der Waals surface area contributed by atoms with Gasteiger partial charge >= 0.3 is 5.97 Å². The summed E-state index contributed by atoms with van der Waals surface area (Å²) in [7, 11) is 0. The summed E-state index contributed by atoms with van der Waals surface area (Å²) in [5.74, 6) is -1.03. The van der Waals surface area contributed by atoms with Crippen molar-refractivity contribution in [2.75, 3.05) is 11.9 Å². The molecule has 1 atom stereocenters. The van der Waals surface area contributed by atoms with Gasteiger partial charge in [0.15, 0.2) is 6.10 Å². The van der Waals surface area contributed by atoms with Crippen molar-refractivity contribution in [1.82, 2.24) is 5.32 Å². The average Bonchev–Trinajstić information content (AvgIpc) is 3.33. The van der Waals surface area contributed by atoms with Gasteiger partial charge < -0.3 is 15.4 Å². The molecule has 0 saturated heterocycles. The monoisotopic (exact) mass is 350 g/mol. The molecule has 0 spiro atoms. The van der Waals surface area contributed by atoms with Crippen molar-refractivity contribution in [3.63, 3.8) is 0 Å². The summed E-state index contributed by atoms with van der Waals surface area (Å²) in [6.45, 7) is 9.01. The number of rotatable bonds is 7. The van der Waals surface area contributed by atoms with Gasteiger partial charge in [-0.25, -0.2) is 4.79 Å². The SMILES string of the molecule is C=CCNC(=O)C(C)OC(=O)c1c(NC(=O)C2CC2)sc(C)c1C. The molecular weight excluding hydrogens is 328 g/mol. The average molecular weight is 350 g/mol. The number of hydrogen-bond donors (Lipinski definition) is 2. The molecule has 130 valence electrons. The maximum absolute atomic E-state index is 12.5. The van der Waals surface area contributed by atoms with Crippen LogP contribution < -0.4 is 10.6 Å². The summed E-state index contributed by atoms with van der Waals surface area (Å²) in [4.78, 5) is 37.2. The van der Waals surface area contributed by atoms with Gasteiger partial charge in [0.1, 0.15) is 5.00 Å². The molecule has 1 unspecified atom stereocenters. The third-order valence-electron chi connectivity index (χ3n) is 3.85. The van der Waals surface area contributed by atoms with Crippen LogP contribution in [0.2, 0.25) is 0 Å². The third kappa shape index (κ3) is 4.23. The molecule has 1 fully saturated rings. The van der Waals surface area contributed by atoms with E-state index in [-0.39, 0.29) is 11.8 Å². The number of thiophene rings is 1. The highest BCUT2D eigenvalue weighted by molar-refractivity contribution is 7.16. The maximum Gasteiger partial charge on any atom is 0.342 e. The second-order valence-electron chi connectivity index (χ2n) is 5.83. The highest BCUT2D eigenvalue weighted by atomic mass is 32.1. The van der Waals surface area contributed by atoms with Crippen LogP contribution >= 0.6 is 11.3 Å². The molecule has 2 N–H and O–H groups in total.